The first kappa shape index (κ1) is 17.1. The van der Waals surface area contributed by atoms with E-state index < -0.39 is 11.5 Å². The third-order valence-corrected chi connectivity index (χ3v) is 6.15. The van der Waals surface area contributed by atoms with Gasteiger partial charge in [0.2, 0.25) is 0 Å². The lowest BCUT2D eigenvalue weighted by molar-refractivity contribution is -0.135. The Morgan fingerprint density at radius 3 is 2.57 bits per heavy atom. The molecule has 28 heavy (non-hydrogen) atoms. The van der Waals surface area contributed by atoms with E-state index in [1.165, 1.54) is 11.1 Å². The predicted octanol–water partition coefficient (Wildman–Crippen LogP) is 3.77. The van der Waals surface area contributed by atoms with Crippen molar-refractivity contribution in [1.82, 2.24) is 0 Å². The van der Waals surface area contributed by atoms with E-state index in [4.69, 9.17) is 0 Å². The first-order valence-electron chi connectivity index (χ1n) is 9.75. The van der Waals surface area contributed by atoms with Gasteiger partial charge in [0.25, 0.3) is 5.91 Å². The maximum Gasteiger partial charge on any atom is 0.264 e. The first-order chi connectivity index (χ1) is 13.5. The maximum atomic E-state index is 13.3. The summed E-state index contributed by atoms with van der Waals surface area (Å²) in [5, 5.41) is 13.4. The van der Waals surface area contributed by atoms with Gasteiger partial charge >= 0.3 is 0 Å². The lowest BCUT2D eigenvalue weighted by Crippen LogP contribution is -2.41. The van der Waals surface area contributed by atoms with Gasteiger partial charge in [0.05, 0.1) is 12.1 Å². The Hall–Kier alpha value is -2.98. The Balaban J connectivity index is 1.59. The van der Waals surface area contributed by atoms with Gasteiger partial charge in [-0.15, -0.1) is 0 Å². The van der Waals surface area contributed by atoms with Crippen molar-refractivity contribution >= 4 is 28.2 Å². The summed E-state index contributed by atoms with van der Waals surface area (Å²) >= 11 is 0. The minimum absolute atomic E-state index is 0.209. The van der Waals surface area contributed by atoms with Gasteiger partial charge < -0.3 is 10.0 Å². The number of hydrogen-bond donors (Lipinski definition) is 1. The standard InChI is InChI=1S/C24H21NO3/c1-2-25-20-9-4-3-8-19(20)24(28,23(25)27)14-21(26)17-13-12-16-11-10-15-6-5-7-18(17)22(15)16/h3-9,12-13,28H,2,10-11,14H2,1H3. The van der Waals surface area contributed by atoms with E-state index >= 15 is 0 Å². The second-order valence-electron chi connectivity index (χ2n) is 7.64. The molecule has 5 rings (SSSR count). The average Bonchev–Trinajstić information content (AvgIpc) is 3.22. The fourth-order valence-electron chi connectivity index (χ4n) is 4.81. The third kappa shape index (κ3) is 2.21. The van der Waals surface area contributed by atoms with Crippen LogP contribution < -0.4 is 4.90 Å². The number of ketones is 1. The molecule has 0 saturated heterocycles. The SMILES string of the molecule is CCN1C(=O)C(O)(CC(=O)c2ccc3c4c(cccc24)CC3)c2ccccc21. The number of anilines is 1. The number of Topliss-reactive ketones (excluding diaryl/α,β-unsaturated/α-hetero) is 1. The number of rotatable bonds is 4. The van der Waals surface area contributed by atoms with Crippen LogP contribution in [0.15, 0.2) is 54.6 Å². The van der Waals surface area contributed by atoms with Crippen molar-refractivity contribution in [2.45, 2.75) is 31.8 Å². The van der Waals surface area contributed by atoms with Crippen LogP contribution in [0, 0.1) is 0 Å². The Labute approximate surface area is 163 Å². The highest BCUT2D eigenvalue weighted by Crippen LogP contribution is 2.43. The van der Waals surface area contributed by atoms with Crippen molar-refractivity contribution in [2.24, 2.45) is 0 Å². The zero-order valence-electron chi connectivity index (χ0n) is 15.7. The molecule has 0 bridgehead atoms. The predicted molar refractivity (Wildman–Crippen MR) is 109 cm³/mol. The zero-order valence-corrected chi connectivity index (χ0v) is 15.7. The number of likely N-dealkylation sites (N-methyl/N-ethyl adjacent to an activating group) is 1. The second kappa shape index (κ2) is 6.01. The summed E-state index contributed by atoms with van der Waals surface area (Å²) in [4.78, 5) is 27.8. The van der Waals surface area contributed by atoms with Crippen molar-refractivity contribution in [3.63, 3.8) is 0 Å². The Bertz CT molecular complexity index is 1140. The second-order valence-corrected chi connectivity index (χ2v) is 7.64. The van der Waals surface area contributed by atoms with Gasteiger partial charge in [-0.3, -0.25) is 9.59 Å². The summed E-state index contributed by atoms with van der Waals surface area (Å²) in [6, 6.07) is 17.1. The zero-order chi connectivity index (χ0) is 19.5. The maximum absolute atomic E-state index is 13.3. The first-order valence-corrected chi connectivity index (χ1v) is 9.75. The van der Waals surface area contributed by atoms with E-state index in [1.807, 2.05) is 43.3 Å². The number of aliphatic hydroxyl groups is 1. The quantitative estimate of drug-likeness (QED) is 0.711. The van der Waals surface area contributed by atoms with Gasteiger partial charge in [0, 0.05) is 17.7 Å². The van der Waals surface area contributed by atoms with Crippen LogP contribution >= 0.6 is 0 Å². The molecule has 0 spiro atoms. The highest BCUT2D eigenvalue weighted by Gasteiger charge is 2.50. The summed E-state index contributed by atoms with van der Waals surface area (Å²) in [6.45, 7) is 2.32. The molecule has 1 heterocycles. The number of hydrogen-bond acceptors (Lipinski definition) is 3. The lowest BCUT2D eigenvalue weighted by Gasteiger charge is -2.22. The summed E-state index contributed by atoms with van der Waals surface area (Å²) < 4.78 is 0. The monoisotopic (exact) mass is 371 g/mol. The number of fused-ring (bicyclic) bond motifs is 1. The van der Waals surface area contributed by atoms with Crippen molar-refractivity contribution in [2.75, 3.05) is 11.4 Å². The molecule has 1 amide bonds. The van der Waals surface area contributed by atoms with E-state index in [0.717, 1.165) is 23.6 Å². The number of benzene rings is 3. The molecule has 1 aliphatic carbocycles. The average molecular weight is 371 g/mol. The van der Waals surface area contributed by atoms with Gasteiger partial charge in [-0.05, 0) is 47.7 Å². The molecular weight excluding hydrogens is 350 g/mol. The van der Waals surface area contributed by atoms with Crippen molar-refractivity contribution < 1.29 is 14.7 Å². The molecule has 0 aromatic heterocycles. The molecule has 4 heteroatoms. The Kier molecular flexibility index (Phi) is 3.68. The molecule has 1 N–H and O–H groups in total. The van der Waals surface area contributed by atoms with Crippen molar-refractivity contribution in [1.29, 1.82) is 0 Å². The molecule has 0 radical (unpaired) electrons. The molecule has 2 aliphatic rings. The largest absolute Gasteiger partial charge is 0.375 e. The Morgan fingerprint density at radius 2 is 1.79 bits per heavy atom. The molecule has 4 nitrogen and oxygen atoms in total. The highest BCUT2D eigenvalue weighted by molar-refractivity contribution is 6.14. The van der Waals surface area contributed by atoms with E-state index in [-0.39, 0.29) is 12.2 Å². The summed E-state index contributed by atoms with van der Waals surface area (Å²) in [7, 11) is 0. The van der Waals surface area contributed by atoms with Gasteiger partial charge in [-0.1, -0.05) is 48.5 Å². The van der Waals surface area contributed by atoms with E-state index in [0.29, 0.717) is 23.4 Å². The topological polar surface area (TPSA) is 57.6 Å². The number of carbonyl (C=O) groups is 2. The molecule has 1 aliphatic heterocycles. The van der Waals surface area contributed by atoms with Crippen LogP contribution in [0.25, 0.3) is 10.8 Å². The van der Waals surface area contributed by atoms with Gasteiger partial charge in [0.15, 0.2) is 11.4 Å². The van der Waals surface area contributed by atoms with Crippen LogP contribution in [0.4, 0.5) is 5.69 Å². The van der Waals surface area contributed by atoms with E-state index in [1.54, 1.807) is 17.0 Å². The van der Waals surface area contributed by atoms with Crippen LogP contribution in [0.2, 0.25) is 0 Å². The van der Waals surface area contributed by atoms with Crippen LogP contribution in [0.5, 0.6) is 0 Å². The molecular formula is C24H21NO3. The van der Waals surface area contributed by atoms with Crippen molar-refractivity contribution in [3.05, 3.63) is 76.9 Å². The van der Waals surface area contributed by atoms with Gasteiger partial charge in [0.1, 0.15) is 0 Å². The van der Waals surface area contributed by atoms with Gasteiger partial charge in [-0.25, -0.2) is 0 Å². The molecule has 1 atom stereocenters. The molecule has 0 saturated carbocycles. The molecule has 140 valence electrons. The van der Waals surface area contributed by atoms with Crippen LogP contribution in [0.3, 0.4) is 0 Å². The molecule has 3 aromatic rings. The summed E-state index contributed by atoms with van der Waals surface area (Å²) in [5.74, 6) is -0.630. The van der Waals surface area contributed by atoms with E-state index in [2.05, 4.69) is 6.07 Å². The molecule has 0 fully saturated rings. The molecule has 3 aromatic carbocycles. The fourth-order valence-corrected chi connectivity index (χ4v) is 4.81. The summed E-state index contributed by atoms with van der Waals surface area (Å²) in [5.41, 5.74) is 2.50. The Morgan fingerprint density at radius 1 is 1.04 bits per heavy atom. The number of para-hydroxylation sites is 1. The fraction of sp³-hybridized carbons (Fsp3) is 0.250. The highest BCUT2D eigenvalue weighted by atomic mass is 16.3. The van der Waals surface area contributed by atoms with E-state index in [9.17, 15) is 14.7 Å². The number of amides is 1. The smallest absolute Gasteiger partial charge is 0.264 e. The number of aryl methyl sites for hydroxylation is 2. The minimum atomic E-state index is -1.81. The third-order valence-electron chi connectivity index (χ3n) is 6.15. The minimum Gasteiger partial charge on any atom is -0.375 e. The van der Waals surface area contributed by atoms with Gasteiger partial charge in [-0.2, -0.15) is 0 Å². The molecule has 1 unspecified atom stereocenters. The van der Waals surface area contributed by atoms with Crippen LogP contribution in [-0.2, 0) is 23.2 Å². The lowest BCUT2D eigenvalue weighted by atomic mass is 9.86. The summed E-state index contributed by atoms with van der Waals surface area (Å²) in [6.07, 6.45) is 1.73. The number of nitrogens with zero attached hydrogens (tertiary/aromatic N) is 1. The van der Waals surface area contributed by atoms with Crippen LogP contribution in [-0.4, -0.2) is 23.3 Å². The van der Waals surface area contributed by atoms with Crippen LogP contribution in [0.1, 0.15) is 40.4 Å². The van der Waals surface area contributed by atoms with Crippen molar-refractivity contribution in [3.8, 4) is 0 Å². The number of carbonyl (C=O) groups excluding carboxylic acids is 2. The normalized spacial score (nSPS) is 20.1.